The Balaban J connectivity index is -0.0000000120. The summed E-state index contributed by atoms with van der Waals surface area (Å²) in [5.41, 5.74) is 0. The summed E-state index contributed by atoms with van der Waals surface area (Å²) in [6.07, 6.45) is 0. The van der Waals surface area contributed by atoms with E-state index in [1.54, 1.807) is 0 Å². The normalized spacial score (nSPS) is 5.78. The number of hydrogen-bond acceptors (Lipinski definition) is 5. The van der Waals surface area contributed by atoms with Gasteiger partial charge in [0.05, 0.1) is 0 Å². The van der Waals surface area contributed by atoms with Crippen LogP contribution < -0.4 is 0 Å². The average Bonchev–Trinajstić information content (AvgIpc) is 1.27. The zero-order valence-electron chi connectivity index (χ0n) is 8.35. The topological polar surface area (TPSA) is 95.5 Å². The molecule has 0 atom stereocenters. The summed E-state index contributed by atoms with van der Waals surface area (Å²) in [6.45, 7) is 0. The molecular weight excluding hydrogens is 220 g/mol. The van der Waals surface area contributed by atoms with Gasteiger partial charge in [0, 0.05) is 4.94 Å². The fraction of sp³-hybridized carbons (Fsp3) is 0. The molecule has 0 saturated carbocycles. The molecule has 0 radical (unpaired) electrons. The minimum Gasteiger partial charge on any atom is -1.00 e. The minimum absolute atomic E-state index is 0. The monoisotopic (exact) mass is 224 g/mol. The smallest absolute Gasteiger partial charge is 1.00 e. The second kappa shape index (κ2) is 8.85. The zero-order chi connectivity index (χ0) is 5.86. The van der Waals surface area contributed by atoms with Gasteiger partial charge in [0.15, 0.2) is 0 Å². The first kappa shape index (κ1) is 16.4. The number of nitrogens with zero attached hydrogens (tertiary/aromatic N) is 2. The van der Waals surface area contributed by atoms with Crippen LogP contribution in [-0.2, 0) is 4.94 Å². The molecule has 9 heteroatoms. The molecule has 0 N–H and O–H groups in total. The van der Waals surface area contributed by atoms with Crippen LogP contribution >= 0.6 is 0 Å². The van der Waals surface area contributed by atoms with Crippen LogP contribution in [0.4, 0.5) is 0 Å². The van der Waals surface area contributed by atoms with Gasteiger partial charge in [-0.2, -0.15) is 0 Å². The van der Waals surface area contributed by atoms with Crippen molar-refractivity contribution in [3.05, 3.63) is 20.2 Å². The van der Waals surface area contributed by atoms with Crippen molar-refractivity contribution < 1.29 is 20.8 Å². The van der Waals surface area contributed by atoms with Gasteiger partial charge >= 0.3 is 78.7 Å². The third-order valence-electron chi connectivity index (χ3n) is 0.133. The van der Waals surface area contributed by atoms with Gasteiger partial charge in [-0.3, -0.25) is 0 Å². The number of hydrogen-bond donors (Lipinski definition) is 0. The third-order valence-corrected chi connectivity index (χ3v) is 0.133. The maximum atomic E-state index is 8.95. The summed E-state index contributed by atoms with van der Waals surface area (Å²) in [4.78, 5) is 20.6. The molecule has 0 fully saturated rings. The van der Waals surface area contributed by atoms with Crippen LogP contribution in [0.3, 0.4) is 0 Å². The molecule has 0 aromatic carbocycles. The first-order valence-corrected chi connectivity index (χ1v) is 1.10. The Morgan fingerprint density at radius 2 is 1.44 bits per heavy atom. The summed E-state index contributed by atoms with van der Waals surface area (Å²) in [7, 11) is 0. The molecular formula is H4MgN2O5Sr. The van der Waals surface area contributed by atoms with E-state index in [4.69, 9.17) is 20.2 Å². The van der Waals surface area contributed by atoms with E-state index in [1.165, 1.54) is 0 Å². The van der Waals surface area contributed by atoms with Gasteiger partial charge in [0.25, 0.3) is 0 Å². The second-order valence-corrected chi connectivity index (χ2v) is 0.529. The third kappa shape index (κ3) is 17.7. The Kier molecular flexibility index (Phi) is 16.2. The van der Waals surface area contributed by atoms with Gasteiger partial charge in [-0.05, 0) is 0 Å². The van der Waals surface area contributed by atoms with Crippen molar-refractivity contribution in [2.45, 2.75) is 0 Å². The van der Waals surface area contributed by atoms with Crippen LogP contribution in [0.25, 0.3) is 0 Å². The van der Waals surface area contributed by atoms with Gasteiger partial charge in [0.2, 0.25) is 0 Å². The molecule has 0 aliphatic heterocycles. The van der Waals surface area contributed by atoms with Crippen molar-refractivity contribution in [3.8, 4) is 0 Å². The fourth-order valence-electron chi connectivity index (χ4n) is 0.0544. The summed E-state index contributed by atoms with van der Waals surface area (Å²) in [5, 5.41) is 14.9. The van der Waals surface area contributed by atoms with Crippen molar-refractivity contribution in [2.75, 3.05) is 0 Å². The Labute approximate surface area is 108 Å². The van der Waals surface area contributed by atoms with Crippen LogP contribution in [0.15, 0.2) is 0 Å². The maximum absolute atomic E-state index is 8.95. The van der Waals surface area contributed by atoms with Gasteiger partial charge in [-0.15, -0.1) is 20.2 Å². The zero-order valence-corrected chi connectivity index (χ0v) is 9.24. The summed E-state index contributed by atoms with van der Waals surface area (Å²) < 4.78 is 0. The van der Waals surface area contributed by atoms with E-state index in [9.17, 15) is 0 Å². The molecule has 0 aliphatic carbocycles. The maximum Gasteiger partial charge on any atom is 2.00 e. The van der Waals surface area contributed by atoms with E-state index in [1.807, 2.05) is 0 Å². The Hall–Kier alpha value is 0.847. The Morgan fingerprint density at radius 1 is 1.22 bits per heavy atom. The van der Waals surface area contributed by atoms with Crippen LogP contribution in [0.1, 0.15) is 5.71 Å². The second-order valence-electron chi connectivity index (χ2n) is 0.529. The number of rotatable bonds is 2. The van der Waals surface area contributed by atoms with Crippen molar-refractivity contribution >= 4 is 68.5 Å². The molecule has 0 aliphatic rings. The SMILES string of the molecule is O=[N+]([O-])O[N+](=O)[O-].[H-].[H-].[H-].[H-].[Mg+2].[Sr+2]. The predicted molar refractivity (Wildman–Crippen MR) is 31.0 cm³/mol. The molecule has 48 valence electrons. The van der Waals surface area contributed by atoms with Crippen LogP contribution in [0.5, 0.6) is 0 Å². The molecule has 0 rings (SSSR count). The first-order valence-electron chi connectivity index (χ1n) is 1.10. The van der Waals surface area contributed by atoms with Crippen molar-refractivity contribution in [3.63, 3.8) is 0 Å². The van der Waals surface area contributed by atoms with Crippen LogP contribution in [0.2, 0.25) is 0 Å². The molecule has 0 aromatic heterocycles. The molecule has 0 amide bonds. The first-order chi connectivity index (χ1) is 3.13. The van der Waals surface area contributed by atoms with Gasteiger partial charge in [-0.1, -0.05) is 0 Å². The average molecular weight is 224 g/mol. The molecule has 0 bridgehead atoms. The quantitative estimate of drug-likeness (QED) is 0.343. The van der Waals surface area contributed by atoms with Gasteiger partial charge in [-0.25, -0.2) is 0 Å². The Morgan fingerprint density at radius 3 is 1.44 bits per heavy atom. The molecule has 0 saturated heterocycles. The standard InChI is InChI=1S/Mg.N2O5.Sr.4H/c;3-1(4)7-2(5)6;;;;;/q+2;;+2;4*-1. The largest absolute Gasteiger partial charge is 2.00 e. The minimum atomic E-state index is -1.50. The molecule has 0 spiro atoms. The van der Waals surface area contributed by atoms with E-state index in [2.05, 4.69) is 4.94 Å². The van der Waals surface area contributed by atoms with Gasteiger partial charge in [0.1, 0.15) is 0 Å². The molecule has 0 aromatic rings. The van der Waals surface area contributed by atoms with E-state index in [0.717, 1.165) is 0 Å². The van der Waals surface area contributed by atoms with E-state index >= 15 is 0 Å². The van der Waals surface area contributed by atoms with E-state index in [0.29, 0.717) is 0 Å². The fourth-order valence-corrected chi connectivity index (χ4v) is 0.0544. The summed E-state index contributed by atoms with van der Waals surface area (Å²) in [5.74, 6) is 0. The molecule has 0 heterocycles. The van der Waals surface area contributed by atoms with Crippen molar-refractivity contribution in [2.24, 2.45) is 0 Å². The molecule has 0 unspecified atom stereocenters. The predicted octanol–water partition coefficient (Wildman–Crippen LogP) is -0.925. The van der Waals surface area contributed by atoms with Crippen molar-refractivity contribution in [1.29, 1.82) is 0 Å². The summed E-state index contributed by atoms with van der Waals surface area (Å²) in [6, 6.07) is 0. The van der Waals surface area contributed by atoms with Crippen LogP contribution in [0, 0.1) is 20.2 Å². The molecule has 9 heavy (non-hydrogen) atoms. The molecule has 7 nitrogen and oxygen atoms in total. The van der Waals surface area contributed by atoms with Gasteiger partial charge < -0.3 is 5.71 Å². The Bertz CT molecular complexity index is 103. The van der Waals surface area contributed by atoms with E-state index in [-0.39, 0.29) is 74.2 Å². The van der Waals surface area contributed by atoms with Crippen LogP contribution in [-0.4, -0.2) is 78.7 Å². The summed E-state index contributed by atoms with van der Waals surface area (Å²) >= 11 is 0. The van der Waals surface area contributed by atoms with Crippen molar-refractivity contribution in [1.82, 2.24) is 0 Å². The van der Waals surface area contributed by atoms with E-state index < -0.39 is 10.2 Å².